The zero-order chi connectivity index (χ0) is 7.02. The maximum atomic E-state index is 2.46. The van der Waals surface area contributed by atoms with Crippen molar-refractivity contribution in [1.82, 2.24) is 4.90 Å². The molecule has 1 nitrogen and oxygen atoms in total. The molecule has 0 spiro atoms. The van der Waals surface area contributed by atoms with Crippen LogP contribution in [-0.2, 0) is 0 Å². The predicted molar refractivity (Wildman–Crippen MR) is 40.5 cm³/mol. The van der Waals surface area contributed by atoms with Gasteiger partial charge in [0.15, 0.2) is 0 Å². The summed E-state index contributed by atoms with van der Waals surface area (Å²) < 4.78 is 0. The van der Waals surface area contributed by atoms with Crippen molar-refractivity contribution < 1.29 is 0 Å². The van der Waals surface area contributed by atoms with Crippen LogP contribution in [0.3, 0.4) is 0 Å². The summed E-state index contributed by atoms with van der Waals surface area (Å²) in [5.74, 6) is 0.956. The third kappa shape index (κ3) is 1.45. The molecule has 0 radical (unpaired) electrons. The summed E-state index contributed by atoms with van der Waals surface area (Å²) in [5.41, 5.74) is 0. The van der Waals surface area contributed by atoms with E-state index >= 15 is 0 Å². The van der Waals surface area contributed by atoms with Crippen molar-refractivity contribution in [3.63, 3.8) is 0 Å². The van der Waals surface area contributed by atoms with E-state index in [9.17, 15) is 0 Å². The van der Waals surface area contributed by atoms with Gasteiger partial charge >= 0.3 is 0 Å². The zero-order valence-corrected chi connectivity index (χ0v) is 6.89. The molecule has 0 saturated heterocycles. The van der Waals surface area contributed by atoms with Crippen LogP contribution in [0.5, 0.6) is 0 Å². The average Bonchev–Trinajstić information content (AvgIpc) is 2.44. The van der Waals surface area contributed by atoms with Crippen molar-refractivity contribution in [2.24, 2.45) is 5.92 Å². The Hall–Kier alpha value is -0.0400. The summed E-state index contributed by atoms with van der Waals surface area (Å²) in [6, 6.07) is 1.62. The Morgan fingerprint density at radius 2 is 1.89 bits per heavy atom. The average molecular weight is 127 g/mol. The molecule has 1 rings (SSSR count). The van der Waals surface area contributed by atoms with E-state index in [1.54, 1.807) is 0 Å². The number of rotatable bonds is 2. The first-order valence-corrected chi connectivity index (χ1v) is 3.85. The highest BCUT2D eigenvalue weighted by Crippen LogP contribution is 2.34. The molecule has 0 amide bonds. The van der Waals surface area contributed by atoms with Crippen LogP contribution < -0.4 is 0 Å². The van der Waals surface area contributed by atoms with E-state index in [-0.39, 0.29) is 0 Å². The Morgan fingerprint density at radius 1 is 1.44 bits per heavy atom. The molecular weight excluding hydrogens is 110 g/mol. The fourth-order valence-electron chi connectivity index (χ4n) is 1.25. The Bertz CT molecular complexity index is 98.7. The smallest absolute Gasteiger partial charge is 0.0124 e. The topological polar surface area (TPSA) is 3.24 Å². The molecule has 1 fully saturated rings. The van der Waals surface area contributed by atoms with Gasteiger partial charge in [-0.05, 0) is 33.2 Å². The Morgan fingerprint density at radius 3 is 2.00 bits per heavy atom. The van der Waals surface area contributed by atoms with E-state index in [0.29, 0.717) is 0 Å². The van der Waals surface area contributed by atoms with Crippen LogP contribution in [0.4, 0.5) is 0 Å². The zero-order valence-electron chi connectivity index (χ0n) is 6.89. The molecule has 1 aliphatic carbocycles. The van der Waals surface area contributed by atoms with Crippen molar-refractivity contribution in [3.8, 4) is 0 Å². The second-order valence-electron chi connectivity index (χ2n) is 3.54. The van der Waals surface area contributed by atoms with Gasteiger partial charge < -0.3 is 4.90 Å². The van der Waals surface area contributed by atoms with Gasteiger partial charge in [0.2, 0.25) is 0 Å². The lowest BCUT2D eigenvalue weighted by atomic mass is 10.3. The lowest BCUT2D eigenvalue weighted by Gasteiger charge is -2.20. The van der Waals surface area contributed by atoms with E-state index in [2.05, 4.69) is 32.7 Å². The largest absolute Gasteiger partial charge is 0.301 e. The van der Waals surface area contributed by atoms with Crippen molar-refractivity contribution in [2.75, 3.05) is 7.05 Å². The maximum Gasteiger partial charge on any atom is 0.0124 e. The van der Waals surface area contributed by atoms with Crippen molar-refractivity contribution in [3.05, 3.63) is 0 Å². The number of nitrogens with zero attached hydrogens (tertiary/aromatic N) is 1. The number of hydrogen-bond acceptors (Lipinski definition) is 1. The fourth-order valence-corrected chi connectivity index (χ4v) is 1.25. The molecule has 2 atom stereocenters. The van der Waals surface area contributed by atoms with Crippen molar-refractivity contribution in [1.29, 1.82) is 0 Å². The predicted octanol–water partition coefficient (Wildman–Crippen LogP) is 1.74. The first-order chi connectivity index (χ1) is 4.13. The van der Waals surface area contributed by atoms with E-state index in [1.807, 2.05) is 0 Å². The molecular formula is C8H17N. The van der Waals surface area contributed by atoms with Gasteiger partial charge in [-0.1, -0.05) is 6.92 Å². The van der Waals surface area contributed by atoms with Gasteiger partial charge in [0.05, 0.1) is 0 Å². The monoisotopic (exact) mass is 127 g/mol. The highest BCUT2D eigenvalue weighted by Gasteiger charge is 2.36. The molecule has 1 saturated carbocycles. The van der Waals surface area contributed by atoms with Gasteiger partial charge in [0.1, 0.15) is 0 Å². The first-order valence-electron chi connectivity index (χ1n) is 3.85. The molecule has 1 unspecified atom stereocenters. The summed E-state index contributed by atoms with van der Waals surface area (Å²) in [6.45, 7) is 6.83. The van der Waals surface area contributed by atoms with Gasteiger partial charge in [-0.3, -0.25) is 0 Å². The quantitative estimate of drug-likeness (QED) is 0.546. The minimum atomic E-state index is 0.722. The summed E-state index contributed by atoms with van der Waals surface area (Å²) in [5, 5.41) is 0. The SMILES string of the molecule is CC(C)N(C)C1C[C@H]1C. The third-order valence-electron chi connectivity index (χ3n) is 2.40. The van der Waals surface area contributed by atoms with Crippen molar-refractivity contribution in [2.45, 2.75) is 39.3 Å². The van der Waals surface area contributed by atoms with E-state index in [0.717, 1.165) is 18.0 Å². The molecule has 9 heavy (non-hydrogen) atoms. The summed E-state index contributed by atoms with van der Waals surface area (Å²) in [7, 11) is 2.22. The Balaban J connectivity index is 2.27. The third-order valence-corrected chi connectivity index (χ3v) is 2.40. The van der Waals surface area contributed by atoms with Gasteiger partial charge in [0, 0.05) is 12.1 Å². The highest BCUT2D eigenvalue weighted by atomic mass is 15.2. The van der Waals surface area contributed by atoms with Gasteiger partial charge in [-0.15, -0.1) is 0 Å². The van der Waals surface area contributed by atoms with E-state index in [4.69, 9.17) is 0 Å². The fraction of sp³-hybridized carbons (Fsp3) is 1.00. The normalized spacial score (nSPS) is 34.0. The van der Waals surface area contributed by atoms with Crippen LogP contribution >= 0.6 is 0 Å². The molecule has 54 valence electrons. The van der Waals surface area contributed by atoms with Gasteiger partial charge in [0.25, 0.3) is 0 Å². The molecule has 0 bridgehead atoms. The summed E-state index contributed by atoms with van der Waals surface area (Å²) >= 11 is 0. The number of hydrogen-bond donors (Lipinski definition) is 0. The van der Waals surface area contributed by atoms with Crippen LogP contribution in [0.25, 0.3) is 0 Å². The molecule has 0 heterocycles. The van der Waals surface area contributed by atoms with Crippen LogP contribution in [0.1, 0.15) is 27.2 Å². The molecule has 0 aromatic carbocycles. The molecule has 1 aliphatic rings. The Labute approximate surface area is 58.0 Å². The van der Waals surface area contributed by atoms with Crippen LogP contribution in [0, 0.1) is 5.92 Å². The molecule has 0 aliphatic heterocycles. The van der Waals surface area contributed by atoms with E-state index < -0.39 is 0 Å². The molecule has 1 heteroatoms. The van der Waals surface area contributed by atoms with E-state index in [1.165, 1.54) is 6.42 Å². The molecule has 0 N–H and O–H groups in total. The highest BCUT2D eigenvalue weighted by molar-refractivity contribution is 4.91. The second kappa shape index (κ2) is 2.30. The van der Waals surface area contributed by atoms with Crippen molar-refractivity contribution >= 4 is 0 Å². The summed E-state index contributed by atoms with van der Waals surface area (Å²) in [4.78, 5) is 2.46. The lowest BCUT2D eigenvalue weighted by molar-refractivity contribution is 0.254. The maximum absolute atomic E-state index is 2.46. The minimum absolute atomic E-state index is 0.722. The molecule has 0 aromatic heterocycles. The lowest BCUT2D eigenvalue weighted by Crippen LogP contribution is -2.29. The first kappa shape index (κ1) is 7.07. The Kier molecular flexibility index (Phi) is 1.80. The molecule has 0 aromatic rings. The van der Waals surface area contributed by atoms with Crippen LogP contribution in [0.2, 0.25) is 0 Å². The standard InChI is InChI=1S/C8H17N/c1-6(2)9(4)8-5-7(8)3/h6-8H,5H2,1-4H3/t7-,8?/m1/s1. The van der Waals surface area contributed by atoms with Gasteiger partial charge in [-0.2, -0.15) is 0 Å². The van der Waals surface area contributed by atoms with Crippen LogP contribution in [0.15, 0.2) is 0 Å². The summed E-state index contributed by atoms with van der Waals surface area (Å²) in [6.07, 6.45) is 1.41. The van der Waals surface area contributed by atoms with Gasteiger partial charge in [-0.25, -0.2) is 0 Å². The van der Waals surface area contributed by atoms with Crippen LogP contribution in [-0.4, -0.2) is 24.0 Å². The minimum Gasteiger partial charge on any atom is -0.301 e. The second-order valence-corrected chi connectivity index (χ2v) is 3.54.